The van der Waals surface area contributed by atoms with Crippen LogP contribution in [-0.2, 0) is 24.3 Å². The van der Waals surface area contributed by atoms with E-state index in [4.69, 9.17) is 11.1 Å². The van der Waals surface area contributed by atoms with Gasteiger partial charge in [-0.3, -0.25) is 19.6 Å². The summed E-state index contributed by atoms with van der Waals surface area (Å²) in [5.74, 6) is -0.103. The molecule has 1 amide bonds. The molecule has 0 radical (unpaired) electrons. The van der Waals surface area contributed by atoms with Gasteiger partial charge in [-0.1, -0.05) is 84.9 Å². The van der Waals surface area contributed by atoms with Crippen molar-refractivity contribution in [2.75, 3.05) is 11.9 Å². The van der Waals surface area contributed by atoms with Crippen LogP contribution in [0.1, 0.15) is 16.7 Å². The summed E-state index contributed by atoms with van der Waals surface area (Å²) in [5.41, 5.74) is 9.13. The Labute approximate surface area is 245 Å². The van der Waals surface area contributed by atoms with Gasteiger partial charge in [0.2, 0.25) is 5.91 Å². The molecule has 39 heavy (non-hydrogen) atoms. The number of aromatic nitrogens is 2. The Balaban J connectivity index is 0.00000253. The highest BCUT2D eigenvalue weighted by molar-refractivity contribution is 5.94. The van der Waals surface area contributed by atoms with Crippen molar-refractivity contribution >= 4 is 54.8 Å². The van der Waals surface area contributed by atoms with E-state index >= 15 is 0 Å². The molecule has 4 aromatic rings. The molecule has 4 rings (SSSR count). The number of hydrogen-bond donors (Lipinski definition) is 4. The number of carbonyl (C=O) groups excluding carboxylic acids is 1. The highest BCUT2D eigenvalue weighted by Gasteiger charge is 2.15. The van der Waals surface area contributed by atoms with Gasteiger partial charge in [-0.05, 0) is 23.1 Å². The van der Waals surface area contributed by atoms with Gasteiger partial charge < -0.3 is 16.4 Å². The second-order valence-corrected chi connectivity index (χ2v) is 8.30. The number of anilines is 1. The van der Waals surface area contributed by atoms with E-state index in [9.17, 15) is 9.59 Å². The SMILES string of the molecule is Cl.Cl.Cl.N=C(N)c1ccc(CNC(=O)Cn2c(-c3ccccc3)cnc(NCCc3ccccc3)c2=O)cc1. The van der Waals surface area contributed by atoms with Crippen LogP contribution in [0.4, 0.5) is 5.82 Å². The Hall–Kier alpha value is -3.85. The molecule has 1 heterocycles. The van der Waals surface area contributed by atoms with Gasteiger partial charge in [0.15, 0.2) is 5.82 Å². The molecule has 11 heteroatoms. The van der Waals surface area contributed by atoms with Crippen molar-refractivity contribution in [2.45, 2.75) is 19.5 Å². The molecule has 0 bridgehead atoms. The summed E-state index contributed by atoms with van der Waals surface area (Å²) < 4.78 is 1.45. The van der Waals surface area contributed by atoms with E-state index in [2.05, 4.69) is 15.6 Å². The van der Waals surface area contributed by atoms with Crippen molar-refractivity contribution < 1.29 is 4.79 Å². The van der Waals surface area contributed by atoms with Crippen molar-refractivity contribution in [3.8, 4) is 11.3 Å². The molecule has 3 aromatic carbocycles. The zero-order valence-corrected chi connectivity index (χ0v) is 23.5. The van der Waals surface area contributed by atoms with Crippen molar-refractivity contribution in [1.29, 1.82) is 5.41 Å². The van der Waals surface area contributed by atoms with Crippen LogP contribution in [0.15, 0.2) is 95.9 Å². The lowest BCUT2D eigenvalue weighted by Crippen LogP contribution is -2.34. The number of rotatable bonds is 10. The monoisotopic (exact) mass is 588 g/mol. The fraction of sp³-hybridized carbons (Fsp3) is 0.143. The molecule has 206 valence electrons. The summed E-state index contributed by atoms with van der Waals surface area (Å²) in [6.07, 6.45) is 2.36. The predicted molar refractivity (Wildman–Crippen MR) is 164 cm³/mol. The number of hydrogen-bond acceptors (Lipinski definition) is 5. The molecule has 8 nitrogen and oxygen atoms in total. The quantitative estimate of drug-likeness (QED) is 0.161. The van der Waals surface area contributed by atoms with Crippen molar-refractivity contribution in [2.24, 2.45) is 5.73 Å². The van der Waals surface area contributed by atoms with Gasteiger partial charge in [0.25, 0.3) is 5.56 Å². The van der Waals surface area contributed by atoms with Crippen LogP contribution < -0.4 is 21.9 Å². The molecular formula is C28H31Cl3N6O2. The maximum absolute atomic E-state index is 13.3. The Morgan fingerprint density at radius 3 is 2.10 bits per heavy atom. The Kier molecular flexibility index (Phi) is 13.8. The van der Waals surface area contributed by atoms with E-state index < -0.39 is 0 Å². The number of amides is 1. The maximum atomic E-state index is 13.3. The standard InChI is InChI=1S/C28H28N6O2.3ClH/c29-26(30)23-13-11-21(12-14-23)17-32-25(35)19-34-24(22-9-5-2-6-10-22)18-33-27(28(34)36)31-16-15-20-7-3-1-4-8-20;;;/h1-14,18H,15-17,19H2,(H3,29,30)(H,31,33)(H,32,35);3*1H. The summed E-state index contributed by atoms with van der Waals surface area (Å²) in [7, 11) is 0. The van der Waals surface area contributed by atoms with E-state index in [1.165, 1.54) is 4.57 Å². The number of carbonyl (C=O) groups is 1. The van der Waals surface area contributed by atoms with Crippen molar-refractivity contribution in [3.63, 3.8) is 0 Å². The topological polar surface area (TPSA) is 126 Å². The van der Waals surface area contributed by atoms with E-state index in [0.717, 1.165) is 23.1 Å². The molecule has 1 aromatic heterocycles. The normalized spacial score (nSPS) is 9.74. The fourth-order valence-electron chi connectivity index (χ4n) is 3.78. The van der Waals surface area contributed by atoms with Crippen LogP contribution >= 0.6 is 37.2 Å². The zero-order chi connectivity index (χ0) is 25.3. The van der Waals surface area contributed by atoms with Crippen LogP contribution in [0.25, 0.3) is 11.3 Å². The minimum Gasteiger partial charge on any atom is -0.384 e. The third-order valence-electron chi connectivity index (χ3n) is 5.73. The average molecular weight is 590 g/mol. The molecule has 0 atom stereocenters. The van der Waals surface area contributed by atoms with Crippen LogP contribution in [0, 0.1) is 5.41 Å². The first-order valence-electron chi connectivity index (χ1n) is 11.6. The first-order valence-corrected chi connectivity index (χ1v) is 11.6. The second-order valence-electron chi connectivity index (χ2n) is 8.30. The van der Waals surface area contributed by atoms with Gasteiger partial charge in [0.05, 0.1) is 11.9 Å². The molecule has 0 aliphatic carbocycles. The Bertz CT molecular complexity index is 1400. The number of nitrogens with zero attached hydrogens (tertiary/aromatic N) is 2. The first-order chi connectivity index (χ1) is 17.5. The summed E-state index contributed by atoms with van der Waals surface area (Å²) in [5, 5.41) is 13.5. The molecule has 0 aliphatic heterocycles. The molecule has 0 unspecified atom stereocenters. The molecule has 0 aliphatic rings. The molecule has 0 fully saturated rings. The second kappa shape index (κ2) is 16.2. The summed E-state index contributed by atoms with van der Waals surface area (Å²) >= 11 is 0. The number of nitrogens with two attached hydrogens (primary N) is 1. The third kappa shape index (κ3) is 9.14. The van der Waals surface area contributed by atoms with E-state index in [1.54, 1.807) is 30.5 Å². The maximum Gasteiger partial charge on any atom is 0.294 e. The number of benzene rings is 3. The lowest BCUT2D eigenvalue weighted by molar-refractivity contribution is -0.121. The predicted octanol–water partition coefficient (Wildman–Crippen LogP) is 4.43. The zero-order valence-electron chi connectivity index (χ0n) is 21.0. The highest BCUT2D eigenvalue weighted by Crippen LogP contribution is 2.17. The van der Waals surface area contributed by atoms with E-state index in [0.29, 0.717) is 24.3 Å². The highest BCUT2D eigenvalue weighted by atomic mass is 35.5. The summed E-state index contributed by atoms with van der Waals surface area (Å²) in [6, 6.07) is 26.5. The number of nitrogen functional groups attached to an aromatic ring is 1. The van der Waals surface area contributed by atoms with Crippen molar-refractivity contribution in [3.05, 3.63) is 118 Å². The van der Waals surface area contributed by atoms with Gasteiger partial charge in [-0.25, -0.2) is 4.98 Å². The summed E-state index contributed by atoms with van der Waals surface area (Å²) in [6.45, 7) is 0.684. The average Bonchev–Trinajstić information content (AvgIpc) is 2.91. The minimum absolute atomic E-state index is 0. The summed E-state index contributed by atoms with van der Waals surface area (Å²) in [4.78, 5) is 30.5. The minimum atomic E-state index is -0.356. The van der Waals surface area contributed by atoms with E-state index in [1.807, 2.05) is 60.7 Å². The van der Waals surface area contributed by atoms with Crippen LogP contribution in [0.5, 0.6) is 0 Å². The number of halogens is 3. The largest absolute Gasteiger partial charge is 0.384 e. The van der Waals surface area contributed by atoms with Gasteiger partial charge in [-0.2, -0.15) is 0 Å². The smallest absolute Gasteiger partial charge is 0.294 e. The van der Waals surface area contributed by atoms with E-state index in [-0.39, 0.29) is 66.9 Å². The molecular weight excluding hydrogens is 559 g/mol. The Morgan fingerprint density at radius 2 is 1.49 bits per heavy atom. The van der Waals surface area contributed by atoms with Gasteiger partial charge in [0, 0.05) is 18.7 Å². The van der Waals surface area contributed by atoms with Crippen molar-refractivity contribution in [1.82, 2.24) is 14.9 Å². The van der Waals surface area contributed by atoms with Crippen LogP contribution in [0.2, 0.25) is 0 Å². The lowest BCUT2D eigenvalue weighted by atomic mass is 10.1. The Morgan fingerprint density at radius 1 is 0.872 bits per heavy atom. The molecule has 0 saturated heterocycles. The number of amidine groups is 1. The molecule has 0 saturated carbocycles. The lowest BCUT2D eigenvalue weighted by Gasteiger charge is -2.15. The van der Waals surface area contributed by atoms with Crippen LogP contribution in [-0.4, -0.2) is 27.8 Å². The van der Waals surface area contributed by atoms with Gasteiger partial charge in [0.1, 0.15) is 12.4 Å². The molecule has 5 N–H and O–H groups in total. The van der Waals surface area contributed by atoms with Gasteiger partial charge >= 0.3 is 0 Å². The third-order valence-corrected chi connectivity index (χ3v) is 5.73. The number of nitrogens with one attached hydrogen (secondary N) is 3. The fourth-order valence-corrected chi connectivity index (χ4v) is 3.78. The molecule has 0 spiro atoms. The van der Waals surface area contributed by atoms with Gasteiger partial charge in [-0.15, -0.1) is 37.2 Å². The van der Waals surface area contributed by atoms with Crippen LogP contribution in [0.3, 0.4) is 0 Å². The first kappa shape index (κ1) is 33.2.